The van der Waals surface area contributed by atoms with Crippen molar-refractivity contribution in [1.82, 2.24) is 15.0 Å². The molecular formula is C13H11N5O. The summed E-state index contributed by atoms with van der Waals surface area (Å²) in [5.41, 5.74) is 7.84. The molecule has 0 bridgehead atoms. The molecule has 4 N–H and O–H groups in total. The van der Waals surface area contributed by atoms with E-state index in [0.717, 1.165) is 5.56 Å². The van der Waals surface area contributed by atoms with Gasteiger partial charge in [0.15, 0.2) is 5.58 Å². The van der Waals surface area contributed by atoms with Crippen LogP contribution in [0.1, 0.15) is 11.4 Å². The molecule has 0 saturated heterocycles. The van der Waals surface area contributed by atoms with Gasteiger partial charge in [0.25, 0.3) is 6.01 Å². The van der Waals surface area contributed by atoms with Crippen LogP contribution in [0.15, 0.2) is 41.1 Å². The first-order valence-corrected chi connectivity index (χ1v) is 5.65. The number of fused-ring (bicyclic) bond motifs is 1. The van der Waals surface area contributed by atoms with Crippen molar-refractivity contribution in [2.45, 2.75) is 0 Å². The number of hydrogen-bond acceptors (Lipinski definition) is 5. The molecule has 6 nitrogen and oxygen atoms in total. The lowest BCUT2D eigenvalue weighted by atomic mass is 10.1. The summed E-state index contributed by atoms with van der Waals surface area (Å²) in [6, 6.07) is 5.44. The third-order valence-corrected chi connectivity index (χ3v) is 2.64. The molecule has 0 amide bonds. The van der Waals surface area contributed by atoms with E-state index in [9.17, 15) is 0 Å². The molecule has 0 aliphatic rings. The lowest BCUT2D eigenvalue weighted by molar-refractivity contribution is 0.626. The van der Waals surface area contributed by atoms with E-state index in [-0.39, 0.29) is 6.01 Å². The van der Waals surface area contributed by atoms with Gasteiger partial charge in [0, 0.05) is 18.0 Å². The number of nitrogens with zero attached hydrogens (tertiary/aromatic N) is 2. The maximum Gasteiger partial charge on any atom is 0.292 e. The molecule has 0 radical (unpaired) electrons. The molecule has 2 heterocycles. The summed E-state index contributed by atoms with van der Waals surface area (Å²) in [6.07, 6.45) is 6.80. The quantitative estimate of drug-likeness (QED) is 0.622. The van der Waals surface area contributed by atoms with Crippen LogP contribution in [0.5, 0.6) is 0 Å². The number of rotatable bonds is 3. The number of hydrogen-bond donors (Lipinski definition) is 3. The number of nitrogen functional groups attached to an aromatic ring is 1. The van der Waals surface area contributed by atoms with Crippen LogP contribution in [0.25, 0.3) is 17.2 Å². The highest BCUT2D eigenvalue weighted by Crippen LogP contribution is 2.18. The average Bonchev–Trinajstić information content (AvgIpc) is 3.02. The molecule has 0 unspecified atom stereocenters. The summed E-state index contributed by atoms with van der Waals surface area (Å²) in [5, 5.41) is 8.00. The van der Waals surface area contributed by atoms with Gasteiger partial charge in [-0.15, -0.1) is 0 Å². The fourth-order valence-corrected chi connectivity index (χ4v) is 1.74. The zero-order valence-corrected chi connectivity index (χ0v) is 9.92. The Labute approximate surface area is 108 Å². The molecule has 0 saturated carbocycles. The summed E-state index contributed by atoms with van der Waals surface area (Å²) in [6.45, 7) is 0. The molecule has 0 atom stereocenters. The summed E-state index contributed by atoms with van der Waals surface area (Å²) in [4.78, 5) is 11.0. The molecule has 3 rings (SSSR count). The topological polar surface area (TPSA) is 105 Å². The van der Waals surface area contributed by atoms with Gasteiger partial charge >= 0.3 is 0 Å². The first-order chi connectivity index (χ1) is 9.22. The molecule has 0 fully saturated rings. The zero-order valence-electron chi connectivity index (χ0n) is 9.92. The smallest absolute Gasteiger partial charge is 0.292 e. The fourth-order valence-electron chi connectivity index (χ4n) is 1.74. The summed E-state index contributed by atoms with van der Waals surface area (Å²) in [7, 11) is 0. The Bertz CT molecular complexity index is 755. The second-order valence-electron chi connectivity index (χ2n) is 3.96. The molecule has 2 aromatic heterocycles. The molecule has 6 heteroatoms. The standard InChI is InChI=1S/C13H11N5O/c14-9(2-4-12-16-5-6-17-12)8-1-3-11-10(7-8)18-13(15)19-11/h1-7,14H,(H2,15,18)(H,16,17)/b4-2-,14-9?. The molecule has 0 aliphatic heterocycles. The molecule has 0 aliphatic carbocycles. The first-order valence-electron chi connectivity index (χ1n) is 5.65. The van der Waals surface area contributed by atoms with Crippen molar-refractivity contribution in [3.05, 3.63) is 48.1 Å². The van der Waals surface area contributed by atoms with E-state index >= 15 is 0 Å². The van der Waals surface area contributed by atoms with Gasteiger partial charge in [-0.05, 0) is 30.4 Å². The third-order valence-electron chi connectivity index (χ3n) is 2.64. The van der Waals surface area contributed by atoms with Crippen LogP contribution in [0.3, 0.4) is 0 Å². The minimum atomic E-state index is 0.129. The Kier molecular flexibility index (Phi) is 2.60. The lowest BCUT2D eigenvalue weighted by Crippen LogP contribution is -1.94. The van der Waals surface area contributed by atoms with E-state index in [2.05, 4.69) is 15.0 Å². The molecule has 1 aromatic carbocycles. The van der Waals surface area contributed by atoms with Crippen molar-refractivity contribution in [3.63, 3.8) is 0 Å². The Morgan fingerprint density at radius 3 is 3.11 bits per heavy atom. The number of aromatic nitrogens is 3. The largest absolute Gasteiger partial charge is 0.424 e. The van der Waals surface area contributed by atoms with Gasteiger partial charge in [-0.2, -0.15) is 4.98 Å². The van der Waals surface area contributed by atoms with E-state index in [0.29, 0.717) is 22.6 Å². The number of benzene rings is 1. The van der Waals surface area contributed by atoms with Crippen molar-refractivity contribution in [2.75, 3.05) is 5.73 Å². The van der Waals surface area contributed by atoms with Crippen molar-refractivity contribution < 1.29 is 4.42 Å². The summed E-state index contributed by atoms with van der Waals surface area (Å²) < 4.78 is 5.18. The SMILES string of the molecule is N=C(/C=C\c1ncc[nH]1)c1ccc2oc(N)nc2c1. The van der Waals surface area contributed by atoms with E-state index in [1.807, 2.05) is 0 Å². The molecular weight excluding hydrogens is 242 g/mol. The lowest BCUT2D eigenvalue weighted by Gasteiger charge is -1.97. The van der Waals surface area contributed by atoms with Crippen LogP contribution in [0.2, 0.25) is 0 Å². The Morgan fingerprint density at radius 1 is 1.42 bits per heavy atom. The predicted octanol–water partition coefficient (Wildman–Crippen LogP) is 2.21. The minimum absolute atomic E-state index is 0.129. The number of anilines is 1. The normalized spacial score (nSPS) is 11.4. The zero-order chi connectivity index (χ0) is 13.2. The van der Waals surface area contributed by atoms with E-state index in [1.54, 1.807) is 42.7 Å². The molecule has 19 heavy (non-hydrogen) atoms. The highest BCUT2D eigenvalue weighted by molar-refractivity contribution is 6.09. The Hall–Kier alpha value is -2.89. The van der Waals surface area contributed by atoms with Crippen LogP contribution < -0.4 is 5.73 Å². The molecule has 94 valence electrons. The van der Waals surface area contributed by atoms with Gasteiger partial charge in [-0.1, -0.05) is 0 Å². The van der Waals surface area contributed by atoms with Gasteiger partial charge in [0.2, 0.25) is 0 Å². The van der Waals surface area contributed by atoms with Crippen LogP contribution in [0.4, 0.5) is 6.01 Å². The molecule has 3 aromatic rings. The fraction of sp³-hybridized carbons (Fsp3) is 0. The minimum Gasteiger partial charge on any atom is -0.424 e. The van der Waals surface area contributed by atoms with Gasteiger partial charge in [-0.3, -0.25) is 0 Å². The second kappa shape index (κ2) is 4.41. The average molecular weight is 253 g/mol. The summed E-state index contributed by atoms with van der Waals surface area (Å²) in [5.74, 6) is 0.705. The van der Waals surface area contributed by atoms with Crippen LogP contribution in [0, 0.1) is 5.41 Å². The number of nitrogens with two attached hydrogens (primary N) is 1. The van der Waals surface area contributed by atoms with Crippen molar-refractivity contribution in [1.29, 1.82) is 5.41 Å². The van der Waals surface area contributed by atoms with E-state index in [1.165, 1.54) is 0 Å². The number of H-pyrrole nitrogens is 1. The monoisotopic (exact) mass is 253 g/mol. The highest BCUT2D eigenvalue weighted by atomic mass is 16.4. The van der Waals surface area contributed by atoms with E-state index < -0.39 is 0 Å². The van der Waals surface area contributed by atoms with Crippen molar-refractivity contribution >= 4 is 28.9 Å². The van der Waals surface area contributed by atoms with Crippen LogP contribution >= 0.6 is 0 Å². The second-order valence-corrected chi connectivity index (χ2v) is 3.96. The van der Waals surface area contributed by atoms with Crippen molar-refractivity contribution in [3.8, 4) is 0 Å². The number of allylic oxidation sites excluding steroid dienone is 1. The molecule has 0 spiro atoms. The van der Waals surface area contributed by atoms with Crippen LogP contribution in [-0.2, 0) is 0 Å². The maximum atomic E-state index is 8.00. The van der Waals surface area contributed by atoms with Gasteiger partial charge in [0.1, 0.15) is 11.3 Å². The third kappa shape index (κ3) is 2.23. The number of oxazole rings is 1. The van der Waals surface area contributed by atoms with Crippen LogP contribution in [-0.4, -0.2) is 20.7 Å². The highest BCUT2D eigenvalue weighted by Gasteiger charge is 2.05. The Morgan fingerprint density at radius 2 is 2.32 bits per heavy atom. The number of nitrogens with one attached hydrogen (secondary N) is 2. The van der Waals surface area contributed by atoms with Gasteiger partial charge in [-0.25, -0.2) is 4.98 Å². The summed E-state index contributed by atoms with van der Waals surface area (Å²) >= 11 is 0. The maximum absolute atomic E-state index is 8.00. The predicted molar refractivity (Wildman–Crippen MR) is 72.9 cm³/mol. The van der Waals surface area contributed by atoms with E-state index in [4.69, 9.17) is 15.6 Å². The van der Waals surface area contributed by atoms with Gasteiger partial charge < -0.3 is 20.5 Å². The number of imidazole rings is 1. The first kappa shape index (κ1) is 11.2. The Balaban J connectivity index is 1.89. The van der Waals surface area contributed by atoms with Gasteiger partial charge in [0.05, 0.1) is 5.71 Å². The number of aromatic amines is 1. The van der Waals surface area contributed by atoms with Crippen molar-refractivity contribution in [2.24, 2.45) is 0 Å².